The number of ether oxygens (including phenoxy) is 1. The maximum Gasteiger partial charge on any atom is 0.419 e. The van der Waals surface area contributed by atoms with Crippen molar-refractivity contribution in [1.82, 2.24) is 4.57 Å². The molecule has 4 fully saturated rings. The van der Waals surface area contributed by atoms with Gasteiger partial charge in [-0.05, 0) is 74.8 Å². The molecule has 4 saturated carbocycles. The van der Waals surface area contributed by atoms with Crippen LogP contribution in [0.5, 0.6) is 0 Å². The van der Waals surface area contributed by atoms with Crippen LogP contribution in [0.15, 0.2) is 30.5 Å². The highest BCUT2D eigenvalue weighted by Gasteiger charge is 2.53. The standard InChI is InChI=1S/C23H28N2O4/c1-22(24,20(26)27)12-17-13-25(19-5-3-2-4-18(17)19)21(28)29-23-9-14-6-15(10-23)8-16(7-14)11-23/h2-5,13-16H,6-12,24H2,1H3,(H,26,27)/t14?,15?,16?,22-,23?/m1/s1. The molecule has 2 aromatic rings. The van der Waals surface area contributed by atoms with Crippen LogP contribution in [0.25, 0.3) is 10.9 Å². The van der Waals surface area contributed by atoms with Crippen molar-refractivity contribution < 1.29 is 19.4 Å². The number of fused-ring (bicyclic) bond motifs is 1. The van der Waals surface area contributed by atoms with Crippen LogP contribution in [0, 0.1) is 17.8 Å². The number of rotatable bonds is 4. The van der Waals surface area contributed by atoms with Crippen molar-refractivity contribution in [1.29, 1.82) is 0 Å². The first-order valence-corrected chi connectivity index (χ1v) is 10.6. The first-order chi connectivity index (χ1) is 13.7. The minimum Gasteiger partial charge on any atom is -0.480 e. The van der Waals surface area contributed by atoms with Gasteiger partial charge in [-0.2, -0.15) is 0 Å². The molecular weight excluding hydrogens is 368 g/mol. The van der Waals surface area contributed by atoms with Gasteiger partial charge in [0, 0.05) is 18.0 Å². The van der Waals surface area contributed by atoms with E-state index in [0.717, 1.165) is 35.7 Å². The SMILES string of the molecule is C[C@@](N)(Cc1cn(C(=O)OC23CC4CC(CC(C4)C2)C3)c2ccccc12)C(=O)O. The molecule has 4 bridgehead atoms. The summed E-state index contributed by atoms with van der Waals surface area (Å²) in [6.07, 6.45) is 8.31. The Morgan fingerprint density at radius 2 is 1.76 bits per heavy atom. The molecule has 1 atom stereocenters. The van der Waals surface area contributed by atoms with E-state index < -0.39 is 11.5 Å². The van der Waals surface area contributed by atoms with Gasteiger partial charge in [-0.25, -0.2) is 4.79 Å². The summed E-state index contributed by atoms with van der Waals surface area (Å²) in [6, 6.07) is 7.53. The van der Waals surface area contributed by atoms with Gasteiger partial charge in [0.05, 0.1) is 5.52 Å². The molecule has 6 nitrogen and oxygen atoms in total. The topological polar surface area (TPSA) is 94.5 Å². The third-order valence-corrected chi connectivity index (χ3v) is 7.32. The number of carbonyl (C=O) groups excluding carboxylic acids is 1. The highest BCUT2D eigenvalue weighted by atomic mass is 16.6. The first kappa shape index (κ1) is 18.7. The van der Waals surface area contributed by atoms with Crippen molar-refractivity contribution in [3.63, 3.8) is 0 Å². The van der Waals surface area contributed by atoms with E-state index in [-0.39, 0.29) is 18.1 Å². The number of para-hydroxylation sites is 1. The Balaban J connectivity index is 1.46. The number of hydrogen-bond donors (Lipinski definition) is 2. The summed E-state index contributed by atoms with van der Waals surface area (Å²) in [5, 5.41) is 10.3. The molecule has 3 N–H and O–H groups in total. The van der Waals surface area contributed by atoms with Crippen molar-refractivity contribution in [2.24, 2.45) is 23.5 Å². The minimum atomic E-state index is -1.40. The largest absolute Gasteiger partial charge is 0.480 e. The van der Waals surface area contributed by atoms with Gasteiger partial charge in [-0.1, -0.05) is 18.2 Å². The molecular formula is C23H28N2O4. The van der Waals surface area contributed by atoms with Crippen LogP contribution in [0.4, 0.5) is 4.79 Å². The molecule has 0 unspecified atom stereocenters. The number of carboxylic acids is 1. The van der Waals surface area contributed by atoms with E-state index in [9.17, 15) is 14.7 Å². The maximum atomic E-state index is 13.2. The molecule has 1 heterocycles. The lowest BCUT2D eigenvalue weighted by atomic mass is 9.54. The first-order valence-electron chi connectivity index (χ1n) is 10.6. The van der Waals surface area contributed by atoms with Gasteiger partial charge < -0.3 is 15.6 Å². The number of aromatic nitrogens is 1. The van der Waals surface area contributed by atoms with Crippen LogP contribution in [-0.2, 0) is 16.0 Å². The summed E-state index contributed by atoms with van der Waals surface area (Å²) >= 11 is 0. The van der Waals surface area contributed by atoms with Gasteiger partial charge >= 0.3 is 12.1 Å². The molecule has 4 aliphatic carbocycles. The number of carboxylic acid groups (broad SMARTS) is 1. The quantitative estimate of drug-likeness (QED) is 0.816. The Hall–Kier alpha value is -2.34. The number of hydrogen-bond acceptors (Lipinski definition) is 4. The van der Waals surface area contributed by atoms with Crippen molar-refractivity contribution in [3.05, 3.63) is 36.0 Å². The summed E-state index contributed by atoms with van der Waals surface area (Å²) in [4.78, 5) is 24.7. The lowest BCUT2D eigenvalue weighted by Gasteiger charge is -2.55. The predicted molar refractivity (Wildman–Crippen MR) is 109 cm³/mol. The predicted octanol–water partition coefficient (Wildman–Crippen LogP) is 3.94. The van der Waals surface area contributed by atoms with E-state index in [1.165, 1.54) is 26.2 Å². The van der Waals surface area contributed by atoms with Crippen molar-refractivity contribution in [2.75, 3.05) is 0 Å². The highest BCUT2D eigenvalue weighted by molar-refractivity contribution is 5.92. The van der Waals surface area contributed by atoms with E-state index in [4.69, 9.17) is 10.5 Å². The zero-order chi connectivity index (χ0) is 20.4. The van der Waals surface area contributed by atoms with Crippen LogP contribution in [0.3, 0.4) is 0 Å². The van der Waals surface area contributed by atoms with E-state index in [0.29, 0.717) is 17.8 Å². The van der Waals surface area contributed by atoms with Gasteiger partial charge in [0.2, 0.25) is 0 Å². The third-order valence-electron chi connectivity index (χ3n) is 7.32. The van der Waals surface area contributed by atoms with E-state index in [1.54, 1.807) is 10.8 Å². The van der Waals surface area contributed by atoms with Gasteiger partial charge in [0.15, 0.2) is 0 Å². The Labute approximate surface area is 170 Å². The normalized spacial score (nSPS) is 32.3. The molecule has 1 aromatic carbocycles. The Morgan fingerprint density at radius 1 is 1.17 bits per heavy atom. The second kappa shape index (κ2) is 6.33. The highest BCUT2D eigenvalue weighted by Crippen LogP contribution is 2.57. The zero-order valence-corrected chi connectivity index (χ0v) is 16.8. The fourth-order valence-corrected chi connectivity index (χ4v) is 6.40. The summed E-state index contributed by atoms with van der Waals surface area (Å²) in [7, 11) is 0. The Kier molecular flexibility index (Phi) is 4.07. The van der Waals surface area contributed by atoms with Gasteiger partial charge in [0.1, 0.15) is 11.1 Å². The Bertz CT molecular complexity index is 955. The fraction of sp³-hybridized carbons (Fsp3) is 0.565. The number of carbonyl (C=O) groups is 2. The molecule has 0 aliphatic heterocycles. The summed E-state index contributed by atoms with van der Waals surface area (Å²) in [6.45, 7) is 1.50. The number of nitrogens with zero attached hydrogens (tertiary/aromatic N) is 1. The Morgan fingerprint density at radius 3 is 2.34 bits per heavy atom. The van der Waals surface area contributed by atoms with E-state index in [1.807, 2.05) is 24.3 Å². The van der Waals surface area contributed by atoms with Crippen molar-refractivity contribution in [3.8, 4) is 0 Å². The van der Waals surface area contributed by atoms with Crippen LogP contribution in [0.1, 0.15) is 51.0 Å². The smallest absolute Gasteiger partial charge is 0.419 e. The molecule has 6 rings (SSSR count). The molecule has 0 amide bonds. The van der Waals surface area contributed by atoms with E-state index in [2.05, 4.69) is 0 Å². The molecule has 0 spiro atoms. The average Bonchev–Trinajstić information content (AvgIpc) is 2.98. The van der Waals surface area contributed by atoms with Crippen LogP contribution in [0.2, 0.25) is 0 Å². The molecule has 29 heavy (non-hydrogen) atoms. The average molecular weight is 396 g/mol. The van der Waals surface area contributed by atoms with E-state index >= 15 is 0 Å². The van der Waals surface area contributed by atoms with Gasteiger partial charge in [-0.15, -0.1) is 0 Å². The lowest BCUT2D eigenvalue weighted by Crippen LogP contribution is -2.53. The molecule has 0 saturated heterocycles. The molecule has 6 heteroatoms. The lowest BCUT2D eigenvalue weighted by molar-refractivity contribution is -0.142. The third kappa shape index (κ3) is 3.14. The summed E-state index contributed by atoms with van der Waals surface area (Å²) < 4.78 is 7.75. The molecule has 154 valence electrons. The second-order valence-corrected chi connectivity index (χ2v) is 9.91. The summed E-state index contributed by atoms with van der Waals surface area (Å²) in [5.74, 6) is 1.02. The van der Waals surface area contributed by atoms with Crippen LogP contribution >= 0.6 is 0 Å². The number of benzene rings is 1. The van der Waals surface area contributed by atoms with Crippen LogP contribution < -0.4 is 5.73 Å². The monoisotopic (exact) mass is 396 g/mol. The summed E-state index contributed by atoms with van der Waals surface area (Å²) in [5.41, 5.74) is 5.74. The number of nitrogens with two attached hydrogens (primary N) is 1. The van der Waals surface area contributed by atoms with Gasteiger partial charge in [0.25, 0.3) is 0 Å². The second-order valence-electron chi connectivity index (χ2n) is 9.91. The molecule has 1 aromatic heterocycles. The number of aliphatic carboxylic acids is 1. The fourth-order valence-electron chi connectivity index (χ4n) is 6.40. The van der Waals surface area contributed by atoms with Crippen LogP contribution in [-0.4, -0.2) is 32.9 Å². The zero-order valence-electron chi connectivity index (χ0n) is 16.8. The maximum absolute atomic E-state index is 13.2. The van der Waals surface area contributed by atoms with Crippen molar-refractivity contribution in [2.45, 2.75) is 63.0 Å². The molecule has 4 aliphatic rings. The van der Waals surface area contributed by atoms with Crippen molar-refractivity contribution >= 4 is 23.0 Å². The molecule has 0 radical (unpaired) electrons. The van der Waals surface area contributed by atoms with Gasteiger partial charge in [-0.3, -0.25) is 9.36 Å². The minimum absolute atomic E-state index is 0.139.